The fourth-order valence-electron chi connectivity index (χ4n) is 18.4. The van der Waals surface area contributed by atoms with E-state index in [9.17, 15) is 0 Å². The average Bonchev–Trinajstić information content (AvgIpc) is 0.709. The molecule has 3 nitrogen and oxygen atoms in total. The van der Waals surface area contributed by atoms with Crippen LogP contribution in [0.1, 0.15) is 133 Å². The summed E-state index contributed by atoms with van der Waals surface area (Å²) in [4.78, 5) is 5.55. The molecule has 0 N–H and O–H groups in total. The molecule has 4 heteroatoms. The minimum absolute atomic E-state index is 0.00928. The lowest BCUT2D eigenvalue weighted by molar-refractivity contribution is 0.329. The fraction of sp³-hybridized carbons (Fsp3) is 0.235. The van der Waals surface area contributed by atoms with E-state index in [0.717, 1.165) is 23.5 Å². The Hall–Kier alpha value is -10.7. The molecule has 12 aromatic rings. The van der Waals surface area contributed by atoms with Gasteiger partial charge in [-0.1, -0.05) is 322 Å². The molecule has 1 aromatic heterocycles. The first-order valence-electron chi connectivity index (χ1n) is 38.7. The van der Waals surface area contributed by atoms with Gasteiger partial charge >= 0.3 is 0 Å². The highest BCUT2D eigenvalue weighted by atomic mass is 15.2. The second-order valence-corrected chi connectivity index (χ2v) is 36.1. The van der Waals surface area contributed by atoms with Gasteiger partial charge in [0.25, 0.3) is 6.71 Å². The zero-order valence-corrected chi connectivity index (χ0v) is 64.4. The van der Waals surface area contributed by atoms with Crippen LogP contribution in [0, 0.1) is 28.6 Å². The third kappa shape index (κ3) is 11.0. The minimum atomic E-state index is -0.320. The van der Waals surface area contributed by atoms with Crippen LogP contribution in [0.25, 0.3) is 77.6 Å². The molecule has 0 radical (unpaired) electrons. The number of rotatable bonds is 8. The third-order valence-corrected chi connectivity index (χ3v) is 24.1. The highest BCUT2D eigenvalue weighted by Gasteiger charge is 2.49. The van der Waals surface area contributed by atoms with Gasteiger partial charge in [-0.25, -0.2) is 0 Å². The SMILES string of the molecule is CC(C)(C)C1=CC2=CC(c3ccc4c(c3)N(c3c(-c5ccccc5)cc(C(C)(C)C)cc3-c3ccccc3)c3cc(C(C)(C)C)cc5c3B4c3ccc(-n4c6ccccc6c6ccccc64)cc3N5c3c(-c4ccccc4)cc(C(C)(C)C)cc3-c3ccccc3)=C3C=C(C(C)(C)C)CC4C=CC(=C1)C2C34. The topological polar surface area (TPSA) is 11.4 Å². The van der Waals surface area contributed by atoms with E-state index in [1.165, 1.54) is 161 Å². The Labute approximate surface area is 629 Å². The van der Waals surface area contributed by atoms with Crippen LogP contribution in [0.3, 0.4) is 0 Å². The van der Waals surface area contributed by atoms with Crippen LogP contribution >= 0.6 is 0 Å². The minimum Gasteiger partial charge on any atom is -0.310 e. The zero-order valence-electron chi connectivity index (χ0n) is 64.4. The predicted octanol–water partition coefficient (Wildman–Crippen LogP) is 25.8. The lowest BCUT2D eigenvalue weighted by Gasteiger charge is -2.48. The van der Waals surface area contributed by atoms with E-state index >= 15 is 0 Å². The lowest BCUT2D eigenvalue weighted by Crippen LogP contribution is -2.61. The van der Waals surface area contributed by atoms with Crippen molar-refractivity contribution in [1.29, 1.82) is 0 Å². The first-order valence-corrected chi connectivity index (χ1v) is 38.7. The van der Waals surface area contributed by atoms with Crippen molar-refractivity contribution < 1.29 is 0 Å². The van der Waals surface area contributed by atoms with E-state index in [0.29, 0.717) is 17.8 Å². The van der Waals surface area contributed by atoms with E-state index in [1.807, 2.05) is 0 Å². The van der Waals surface area contributed by atoms with Gasteiger partial charge in [0.05, 0.1) is 22.4 Å². The molecule has 6 aliphatic rings. The van der Waals surface area contributed by atoms with E-state index in [1.54, 1.807) is 0 Å². The van der Waals surface area contributed by atoms with Gasteiger partial charge in [0, 0.05) is 73.3 Å². The maximum atomic E-state index is 2.79. The van der Waals surface area contributed by atoms with Crippen molar-refractivity contribution in [3.63, 3.8) is 0 Å². The van der Waals surface area contributed by atoms with E-state index in [4.69, 9.17) is 0 Å². The highest BCUT2D eigenvalue weighted by molar-refractivity contribution is 7.00. The quantitative estimate of drug-likeness (QED) is 0.141. The van der Waals surface area contributed by atoms with Crippen LogP contribution in [0.4, 0.5) is 34.1 Å². The van der Waals surface area contributed by atoms with Crippen LogP contribution in [0.5, 0.6) is 0 Å². The number of para-hydroxylation sites is 2. The van der Waals surface area contributed by atoms with Crippen molar-refractivity contribution in [2.75, 3.05) is 9.80 Å². The molecule has 3 atom stereocenters. The van der Waals surface area contributed by atoms with Crippen molar-refractivity contribution in [3.8, 4) is 50.2 Å². The van der Waals surface area contributed by atoms with E-state index in [2.05, 4.69) is 397 Å². The molecule has 2 aliphatic heterocycles. The van der Waals surface area contributed by atoms with Crippen molar-refractivity contribution in [2.24, 2.45) is 28.6 Å². The summed E-state index contributed by atoms with van der Waals surface area (Å²) in [7, 11) is 0. The number of allylic oxidation sites excluding steroid dienone is 12. The first-order chi connectivity index (χ1) is 50.7. The van der Waals surface area contributed by atoms with Gasteiger partial charge in [0.15, 0.2) is 0 Å². The molecule has 0 bridgehead atoms. The molecule has 106 heavy (non-hydrogen) atoms. The molecule has 4 aliphatic carbocycles. The molecule has 522 valence electrons. The number of hydrogen-bond donors (Lipinski definition) is 0. The number of aromatic nitrogens is 1. The van der Waals surface area contributed by atoms with Gasteiger partial charge in [-0.05, 0) is 195 Å². The molecule has 11 aromatic carbocycles. The van der Waals surface area contributed by atoms with Gasteiger partial charge in [-0.2, -0.15) is 0 Å². The number of benzene rings is 11. The van der Waals surface area contributed by atoms with Crippen LogP contribution < -0.4 is 26.2 Å². The summed E-state index contributed by atoms with van der Waals surface area (Å²) >= 11 is 0. The fourth-order valence-corrected chi connectivity index (χ4v) is 18.4. The second-order valence-electron chi connectivity index (χ2n) is 36.1. The van der Waals surface area contributed by atoms with E-state index < -0.39 is 0 Å². The van der Waals surface area contributed by atoms with Gasteiger partial charge in [0.1, 0.15) is 0 Å². The Morgan fingerprint density at radius 2 is 0.792 bits per heavy atom. The van der Waals surface area contributed by atoms with Crippen LogP contribution in [0.2, 0.25) is 0 Å². The van der Waals surface area contributed by atoms with E-state index in [-0.39, 0.29) is 33.8 Å². The van der Waals surface area contributed by atoms with Crippen LogP contribution in [-0.2, 0) is 16.2 Å². The van der Waals surface area contributed by atoms with Crippen LogP contribution in [-0.4, -0.2) is 11.3 Å². The third-order valence-electron chi connectivity index (χ3n) is 24.1. The van der Waals surface area contributed by atoms with Crippen molar-refractivity contribution >= 4 is 84.6 Å². The summed E-state index contributed by atoms with van der Waals surface area (Å²) in [6.45, 7) is 35.7. The van der Waals surface area contributed by atoms with Crippen LogP contribution in [0.15, 0.2) is 307 Å². The zero-order chi connectivity index (χ0) is 73.3. The molecule has 18 rings (SSSR count). The molecule has 0 fully saturated rings. The molecule has 0 spiro atoms. The predicted molar refractivity (Wildman–Crippen MR) is 455 cm³/mol. The summed E-state index contributed by atoms with van der Waals surface area (Å²) < 4.78 is 2.52. The maximum absolute atomic E-state index is 2.79. The van der Waals surface area contributed by atoms with Crippen molar-refractivity contribution in [2.45, 2.75) is 127 Å². The lowest BCUT2D eigenvalue weighted by atomic mass is 9.33. The first kappa shape index (κ1) is 67.2. The summed E-state index contributed by atoms with van der Waals surface area (Å²) in [5, 5.41) is 2.48. The molecule has 0 saturated heterocycles. The molecular formula is C102H96BN3. The average molecular weight is 1370 g/mol. The summed E-state index contributed by atoms with van der Waals surface area (Å²) in [6.07, 6.45) is 16.6. The van der Waals surface area contributed by atoms with Gasteiger partial charge in [-0.3, -0.25) is 0 Å². The Morgan fingerprint density at radius 3 is 1.25 bits per heavy atom. The monoisotopic (exact) mass is 1370 g/mol. The second kappa shape index (κ2) is 24.4. The summed E-state index contributed by atoms with van der Waals surface area (Å²) in [6, 6.07) is 93.8. The van der Waals surface area contributed by atoms with Gasteiger partial charge < -0.3 is 14.4 Å². The Bertz CT molecular complexity index is 5640. The molecular weight excluding hydrogens is 1280 g/mol. The van der Waals surface area contributed by atoms with Crippen molar-refractivity contribution in [3.05, 3.63) is 329 Å². The molecule has 0 saturated carbocycles. The standard InChI is InChI=1S/C102H96BN3/c1-98(2,3)71-50-68-44-45-69-51-72(99(4,5)6)59-84-79(53-70(52-71)93(68)94(69)84)67-46-48-85-89(54-67)105(96-80(63-32-20-16-21-33-63)55-73(100(7,8)9)56-81(96)64-34-22-17-23-35-64)91-60-75(102(13,14)15)61-92-95(91)103(85)86-49-47-76(104-87-42-30-28-40-77(87)78-41-29-31-43-88(78)104)62-90(86)106(92)97-82(65-36-24-18-25-37-65)57-74(101(10,11)12)58-83(97)66-38-26-19-27-39-66/h16-50,52-62,69,93-94H,51H2,1-15H3. The Morgan fingerprint density at radius 1 is 0.358 bits per heavy atom. The maximum Gasteiger partial charge on any atom is 0.252 e. The molecule has 0 amide bonds. The molecule has 3 heterocycles. The number of fused-ring (bicyclic) bond motifs is 7. The molecule has 3 unspecified atom stereocenters. The van der Waals surface area contributed by atoms with Gasteiger partial charge in [-0.15, -0.1) is 0 Å². The van der Waals surface area contributed by atoms with Crippen molar-refractivity contribution in [1.82, 2.24) is 4.57 Å². The smallest absolute Gasteiger partial charge is 0.252 e. The van der Waals surface area contributed by atoms with Gasteiger partial charge in [0.2, 0.25) is 0 Å². The largest absolute Gasteiger partial charge is 0.310 e. The Kier molecular flexibility index (Phi) is 15.5. The number of nitrogens with zero attached hydrogens (tertiary/aromatic N) is 3. The highest BCUT2D eigenvalue weighted by Crippen LogP contribution is 2.60. The Balaban J connectivity index is 1.02. The number of anilines is 6. The summed E-state index contributed by atoms with van der Waals surface area (Å²) in [5.41, 5.74) is 36.8. The summed E-state index contributed by atoms with van der Waals surface area (Å²) in [5.74, 6) is 0.972. The normalized spacial score (nSPS) is 17.5. The number of hydrogen-bond acceptors (Lipinski definition) is 2.